The predicted molar refractivity (Wildman–Crippen MR) is 93.9 cm³/mol. The number of nitrogens with one attached hydrogen (secondary N) is 1. The first kappa shape index (κ1) is 19.8. The Morgan fingerprint density at radius 1 is 1.25 bits per heavy atom. The number of ether oxygens (including phenoxy) is 1. The highest BCUT2D eigenvalue weighted by molar-refractivity contribution is 6.03. The summed E-state index contributed by atoms with van der Waals surface area (Å²) in [5.74, 6) is -0.673. The number of nitrogens with zero attached hydrogens (tertiary/aromatic N) is 5. The van der Waals surface area contributed by atoms with Gasteiger partial charge in [0.15, 0.2) is 11.3 Å². The molecule has 3 aromatic rings. The first-order chi connectivity index (χ1) is 13.0. The van der Waals surface area contributed by atoms with E-state index in [2.05, 4.69) is 20.5 Å². The van der Waals surface area contributed by atoms with Crippen LogP contribution in [0.5, 0.6) is 0 Å². The van der Waals surface area contributed by atoms with Crippen molar-refractivity contribution in [3.05, 3.63) is 41.6 Å². The Bertz CT molecular complexity index is 1020. The molecular formula is C17H19F3N6O2. The zero-order valence-electron chi connectivity index (χ0n) is 15.7. The molecule has 150 valence electrons. The molecular weight excluding hydrogens is 377 g/mol. The van der Waals surface area contributed by atoms with Gasteiger partial charge < -0.3 is 10.1 Å². The van der Waals surface area contributed by atoms with Crippen molar-refractivity contribution in [3.8, 4) is 0 Å². The number of methoxy groups -OCH3 is 1. The standard InChI is InChI=1S/C17H19F3N6O2/c1-16(2,3)12-6-13(17(18,19)20)26-14(23-12)5-11(24-26)15(27)22-10-7-21-25(8-10)9-28-4/h5-8H,9H2,1-4H3,(H,22,27). The molecule has 1 amide bonds. The first-order valence-corrected chi connectivity index (χ1v) is 8.30. The minimum atomic E-state index is -4.65. The summed E-state index contributed by atoms with van der Waals surface area (Å²) in [6, 6.07) is 2.18. The molecule has 0 spiro atoms. The van der Waals surface area contributed by atoms with E-state index in [1.807, 2.05) is 0 Å². The van der Waals surface area contributed by atoms with Gasteiger partial charge in [0.2, 0.25) is 0 Å². The van der Waals surface area contributed by atoms with Crippen LogP contribution in [0.3, 0.4) is 0 Å². The second-order valence-corrected chi connectivity index (χ2v) is 7.21. The lowest BCUT2D eigenvalue weighted by molar-refractivity contribution is -0.142. The maximum Gasteiger partial charge on any atom is 0.433 e. The van der Waals surface area contributed by atoms with E-state index in [4.69, 9.17) is 4.74 Å². The van der Waals surface area contributed by atoms with Crippen molar-refractivity contribution >= 4 is 17.2 Å². The van der Waals surface area contributed by atoms with Gasteiger partial charge in [-0.2, -0.15) is 23.4 Å². The topological polar surface area (TPSA) is 86.3 Å². The van der Waals surface area contributed by atoms with E-state index >= 15 is 0 Å². The molecule has 8 nitrogen and oxygen atoms in total. The molecule has 11 heteroatoms. The summed E-state index contributed by atoms with van der Waals surface area (Å²) < 4.78 is 47.5. The molecule has 0 unspecified atom stereocenters. The van der Waals surface area contributed by atoms with E-state index in [0.29, 0.717) is 10.2 Å². The van der Waals surface area contributed by atoms with Gasteiger partial charge in [0.05, 0.1) is 23.8 Å². The number of amides is 1. The lowest BCUT2D eigenvalue weighted by Gasteiger charge is -2.19. The van der Waals surface area contributed by atoms with Gasteiger partial charge in [-0.3, -0.25) is 4.79 Å². The normalized spacial score (nSPS) is 12.5. The second-order valence-electron chi connectivity index (χ2n) is 7.21. The Morgan fingerprint density at radius 3 is 2.57 bits per heavy atom. The van der Waals surface area contributed by atoms with Crippen molar-refractivity contribution in [1.29, 1.82) is 0 Å². The van der Waals surface area contributed by atoms with E-state index in [-0.39, 0.29) is 23.8 Å². The number of hydrogen-bond acceptors (Lipinski definition) is 5. The van der Waals surface area contributed by atoms with Crippen molar-refractivity contribution in [2.24, 2.45) is 0 Å². The van der Waals surface area contributed by atoms with Crippen LogP contribution in [0.4, 0.5) is 18.9 Å². The number of alkyl halides is 3. The molecule has 3 rings (SSSR count). The third-order valence-electron chi connectivity index (χ3n) is 3.87. The van der Waals surface area contributed by atoms with Crippen LogP contribution in [-0.4, -0.2) is 37.4 Å². The smallest absolute Gasteiger partial charge is 0.362 e. The number of fused-ring (bicyclic) bond motifs is 1. The van der Waals surface area contributed by atoms with Crippen LogP contribution in [-0.2, 0) is 23.1 Å². The maximum absolute atomic E-state index is 13.5. The number of halogens is 3. The summed E-state index contributed by atoms with van der Waals surface area (Å²) in [6.07, 6.45) is -1.74. The molecule has 28 heavy (non-hydrogen) atoms. The van der Waals surface area contributed by atoms with Crippen LogP contribution >= 0.6 is 0 Å². The number of rotatable bonds is 4. The van der Waals surface area contributed by atoms with Crippen LogP contribution < -0.4 is 5.32 Å². The average molecular weight is 396 g/mol. The Morgan fingerprint density at radius 2 is 1.96 bits per heavy atom. The molecule has 0 aliphatic carbocycles. The third kappa shape index (κ3) is 3.98. The highest BCUT2D eigenvalue weighted by atomic mass is 19.4. The fourth-order valence-corrected chi connectivity index (χ4v) is 2.50. The van der Waals surface area contributed by atoms with Gasteiger partial charge in [-0.1, -0.05) is 20.8 Å². The Labute approximate surface area is 158 Å². The number of carbonyl (C=O) groups excluding carboxylic acids is 1. The van der Waals surface area contributed by atoms with Crippen molar-refractivity contribution < 1.29 is 22.7 Å². The molecule has 0 saturated carbocycles. The van der Waals surface area contributed by atoms with Crippen LogP contribution in [0.15, 0.2) is 24.5 Å². The Hall–Kier alpha value is -2.95. The molecule has 0 saturated heterocycles. The molecule has 0 aromatic carbocycles. The van der Waals surface area contributed by atoms with Crippen LogP contribution in [0.25, 0.3) is 5.65 Å². The zero-order chi connectivity index (χ0) is 20.7. The van der Waals surface area contributed by atoms with Gasteiger partial charge in [-0.15, -0.1) is 0 Å². The number of aromatic nitrogens is 5. The molecule has 0 fully saturated rings. The van der Waals surface area contributed by atoms with Crippen molar-refractivity contribution in [2.45, 2.75) is 39.1 Å². The molecule has 1 N–H and O–H groups in total. The highest BCUT2D eigenvalue weighted by Crippen LogP contribution is 2.32. The number of carbonyl (C=O) groups is 1. The monoisotopic (exact) mass is 396 g/mol. The zero-order valence-corrected chi connectivity index (χ0v) is 15.7. The van der Waals surface area contributed by atoms with Gasteiger partial charge in [0.1, 0.15) is 12.4 Å². The van der Waals surface area contributed by atoms with Crippen molar-refractivity contribution in [1.82, 2.24) is 24.4 Å². The van der Waals surface area contributed by atoms with Gasteiger partial charge in [0.25, 0.3) is 5.91 Å². The fourth-order valence-electron chi connectivity index (χ4n) is 2.50. The Balaban J connectivity index is 1.99. The molecule has 0 bridgehead atoms. The van der Waals surface area contributed by atoms with E-state index in [1.54, 1.807) is 20.8 Å². The second kappa shape index (κ2) is 6.89. The fraction of sp³-hybridized carbons (Fsp3) is 0.412. The highest BCUT2D eigenvalue weighted by Gasteiger charge is 2.36. The molecule has 3 aromatic heterocycles. The van der Waals surface area contributed by atoms with E-state index in [0.717, 1.165) is 6.07 Å². The predicted octanol–water partition coefficient (Wildman–Crippen LogP) is 3.10. The number of anilines is 1. The van der Waals surface area contributed by atoms with Crippen LogP contribution in [0, 0.1) is 0 Å². The summed E-state index contributed by atoms with van der Waals surface area (Å²) >= 11 is 0. The minimum Gasteiger partial charge on any atom is -0.362 e. The summed E-state index contributed by atoms with van der Waals surface area (Å²) in [4.78, 5) is 16.7. The van der Waals surface area contributed by atoms with Gasteiger partial charge >= 0.3 is 6.18 Å². The summed E-state index contributed by atoms with van der Waals surface area (Å²) in [7, 11) is 1.49. The number of hydrogen-bond donors (Lipinski definition) is 1. The van der Waals surface area contributed by atoms with Crippen LogP contribution in [0.2, 0.25) is 0 Å². The summed E-state index contributed by atoms with van der Waals surface area (Å²) in [6.45, 7) is 5.47. The largest absolute Gasteiger partial charge is 0.433 e. The van der Waals surface area contributed by atoms with E-state index in [9.17, 15) is 18.0 Å². The SMILES string of the molecule is COCn1cc(NC(=O)c2cc3nc(C(C)(C)C)cc(C(F)(F)F)n3n2)cn1. The molecule has 0 aliphatic rings. The lowest BCUT2D eigenvalue weighted by atomic mass is 9.91. The molecule has 0 radical (unpaired) electrons. The third-order valence-corrected chi connectivity index (χ3v) is 3.87. The van der Waals surface area contributed by atoms with Gasteiger partial charge in [-0.25, -0.2) is 14.2 Å². The quantitative estimate of drug-likeness (QED) is 0.732. The van der Waals surface area contributed by atoms with Gasteiger partial charge in [0, 0.05) is 18.6 Å². The maximum atomic E-state index is 13.5. The van der Waals surface area contributed by atoms with Gasteiger partial charge in [-0.05, 0) is 6.07 Å². The summed E-state index contributed by atoms with van der Waals surface area (Å²) in [5.41, 5.74) is -1.24. The van der Waals surface area contributed by atoms with Crippen molar-refractivity contribution in [3.63, 3.8) is 0 Å². The molecule has 0 aliphatic heterocycles. The first-order valence-electron chi connectivity index (χ1n) is 8.30. The Kier molecular flexibility index (Phi) is 4.88. The lowest BCUT2D eigenvalue weighted by Crippen LogP contribution is -2.20. The molecule has 0 atom stereocenters. The summed E-state index contributed by atoms with van der Waals surface area (Å²) in [5, 5.41) is 10.3. The van der Waals surface area contributed by atoms with E-state index < -0.39 is 23.2 Å². The van der Waals surface area contributed by atoms with Crippen molar-refractivity contribution in [2.75, 3.05) is 12.4 Å². The average Bonchev–Trinajstić information content (AvgIpc) is 3.18. The molecule has 3 heterocycles. The van der Waals surface area contributed by atoms with E-state index in [1.165, 1.54) is 30.3 Å². The van der Waals surface area contributed by atoms with Crippen LogP contribution in [0.1, 0.15) is 42.6 Å². The minimum absolute atomic E-state index is 0.0556.